The van der Waals surface area contributed by atoms with Gasteiger partial charge in [-0.1, -0.05) is 54.1 Å². The third-order valence-electron chi connectivity index (χ3n) is 5.23. The van der Waals surface area contributed by atoms with Gasteiger partial charge >= 0.3 is 0 Å². The Labute approximate surface area is 201 Å². The normalized spacial score (nSPS) is 11.8. The van der Waals surface area contributed by atoms with E-state index in [0.29, 0.717) is 22.9 Å². The van der Waals surface area contributed by atoms with Gasteiger partial charge in [0.25, 0.3) is 5.91 Å². The number of benzene rings is 3. The summed E-state index contributed by atoms with van der Waals surface area (Å²) in [6.07, 6.45) is 3.61. The Morgan fingerprint density at radius 3 is 2.45 bits per heavy atom. The van der Waals surface area contributed by atoms with Gasteiger partial charge in [-0.25, -0.2) is 4.68 Å². The number of amides is 1. The average molecular weight is 478 g/mol. The van der Waals surface area contributed by atoms with Crippen LogP contribution in [0.15, 0.2) is 85.1 Å². The standard InChI is InChI=1S/C26H24ClN3O2S/c1-29(26(31)21-8-6-7-19(15-21)18-33(2)32)16-22-17-30(24-9-4-3-5-10-24)28-25(22)20-11-13-23(27)14-12-20/h3-15,17H,16,18H2,1-2H3/t33-/m1/s1. The highest BCUT2D eigenvalue weighted by Crippen LogP contribution is 2.26. The van der Waals surface area contributed by atoms with Gasteiger partial charge in [0.05, 0.1) is 11.4 Å². The maximum atomic E-state index is 13.2. The van der Waals surface area contributed by atoms with Gasteiger partial charge in [-0.3, -0.25) is 9.00 Å². The fourth-order valence-electron chi connectivity index (χ4n) is 3.67. The summed E-state index contributed by atoms with van der Waals surface area (Å²) in [6.45, 7) is 0.383. The van der Waals surface area contributed by atoms with Crippen molar-refractivity contribution in [1.29, 1.82) is 0 Å². The van der Waals surface area contributed by atoms with Gasteiger partial charge in [-0.2, -0.15) is 5.10 Å². The molecule has 0 aliphatic carbocycles. The first-order valence-corrected chi connectivity index (χ1v) is 12.6. The molecule has 4 rings (SSSR count). The minimum absolute atomic E-state index is 0.103. The molecule has 0 radical (unpaired) electrons. The minimum Gasteiger partial charge on any atom is -0.337 e. The summed E-state index contributed by atoms with van der Waals surface area (Å²) in [5.74, 6) is 0.323. The van der Waals surface area contributed by atoms with Crippen molar-refractivity contribution >= 4 is 28.3 Å². The van der Waals surface area contributed by atoms with E-state index in [1.165, 1.54) is 0 Å². The number of carbonyl (C=O) groups is 1. The Hall–Kier alpha value is -3.22. The zero-order chi connectivity index (χ0) is 23.4. The third-order valence-corrected chi connectivity index (χ3v) is 6.22. The van der Waals surface area contributed by atoms with E-state index < -0.39 is 10.8 Å². The first kappa shape index (κ1) is 23.0. The lowest BCUT2D eigenvalue weighted by Gasteiger charge is -2.17. The molecule has 3 aromatic carbocycles. The molecule has 5 nitrogen and oxygen atoms in total. The third kappa shape index (κ3) is 5.59. The van der Waals surface area contributed by atoms with Gasteiger partial charge in [-0.05, 0) is 42.0 Å². The first-order valence-electron chi connectivity index (χ1n) is 10.4. The van der Waals surface area contributed by atoms with Crippen molar-refractivity contribution in [1.82, 2.24) is 14.7 Å². The zero-order valence-electron chi connectivity index (χ0n) is 18.4. The number of nitrogens with zero attached hydrogens (tertiary/aromatic N) is 3. The van der Waals surface area contributed by atoms with Gasteiger partial charge in [0.1, 0.15) is 0 Å². The highest BCUT2D eigenvalue weighted by molar-refractivity contribution is 7.83. The number of aromatic nitrogens is 2. The number of rotatable bonds is 7. The van der Waals surface area contributed by atoms with Gasteiger partial charge < -0.3 is 4.90 Å². The Morgan fingerprint density at radius 1 is 1.03 bits per heavy atom. The molecule has 0 spiro atoms. The molecule has 0 bridgehead atoms. The van der Waals surface area contributed by atoms with Gasteiger partial charge in [0, 0.05) is 64.3 Å². The molecular formula is C26H24ClN3O2S. The smallest absolute Gasteiger partial charge is 0.253 e. The van der Waals surface area contributed by atoms with Crippen molar-refractivity contribution < 1.29 is 9.00 Å². The summed E-state index contributed by atoms with van der Waals surface area (Å²) in [5.41, 5.74) is 5.04. The molecule has 0 fully saturated rings. The number of hydrogen-bond acceptors (Lipinski definition) is 3. The van der Waals surface area contributed by atoms with E-state index in [1.54, 1.807) is 24.3 Å². The summed E-state index contributed by atoms with van der Waals surface area (Å²) < 4.78 is 13.4. The molecule has 0 N–H and O–H groups in total. The highest BCUT2D eigenvalue weighted by atomic mass is 35.5. The quantitative estimate of drug-likeness (QED) is 0.361. The lowest BCUT2D eigenvalue weighted by Crippen LogP contribution is -2.26. The molecular weight excluding hydrogens is 454 g/mol. The summed E-state index contributed by atoms with van der Waals surface area (Å²) in [7, 11) is 0.809. The van der Waals surface area contributed by atoms with Gasteiger partial charge in [0.2, 0.25) is 0 Å². The van der Waals surface area contributed by atoms with Crippen LogP contribution in [0.2, 0.25) is 5.02 Å². The zero-order valence-corrected chi connectivity index (χ0v) is 20.0. The van der Waals surface area contributed by atoms with E-state index in [4.69, 9.17) is 16.7 Å². The molecule has 0 aliphatic heterocycles. The van der Waals surface area contributed by atoms with Crippen LogP contribution in [-0.2, 0) is 23.1 Å². The van der Waals surface area contributed by atoms with Crippen LogP contribution in [0.4, 0.5) is 0 Å². The van der Waals surface area contributed by atoms with Crippen LogP contribution >= 0.6 is 11.6 Å². The van der Waals surface area contributed by atoms with Crippen LogP contribution in [0.25, 0.3) is 16.9 Å². The number of carbonyl (C=O) groups excluding carboxylic acids is 1. The van der Waals surface area contributed by atoms with Gasteiger partial charge in [0.15, 0.2) is 0 Å². The van der Waals surface area contributed by atoms with Crippen LogP contribution < -0.4 is 0 Å². The Balaban J connectivity index is 1.65. The van der Waals surface area contributed by atoms with Gasteiger partial charge in [-0.15, -0.1) is 0 Å². The van der Waals surface area contributed by atoms with Crippen molar-refractivity contribution in [2.24, 2.45) is 0 Å². The van der Waals surface area contributed by atoms with E-state index in [1.807, 2.05) is 83.7 Å². The number of hydrogen-bond donors (Lipinski definition) is 0. The molecule has 7 heteroatoms. The lowest BCUT2D eigenvalue weighted by atomic mass is 10.1. The van der Waals surface area contributed by atoms with E-state index >= 15 is 0 Å². The van der Waals surface area contributed by atoms with Crippen LogP contribution in [0.3, 0.4) is 0 Å². The topological polar surface area (TPSA) is 55.2 Å². The van der Waals surface area contributed by atoms with Crippen LogP contribution in [0, 0.1) is 0 Å². The summed E-state index contributed by atoms with van der Waals surface area (Å²) in [5, 5.41) is 5.47. The second-order valence-electron chi connectivity index (χ2n) is 7.87. The second-order valence-corrected chi connectivity index (χ2v) is 9.74. The van der Waals surface area contributed by atoms with Crippen LogP contribution in [0.1, 0.15) is 21.5 Å². The minimum atomic E-state index is -0.967. The predicted molar refractivity (Wildman–Crippen MR) is 134 cm³/mol. The monoisotopic (exact) mass is 477 g/mol. The Kier molecular flexibility index (Phi) is 7.06. The summed E-state index contributed by atoms with van der Waals surface area (Å²) in [4.78, 5) is 14.8. The number of para-hydroxylation sites is 1. The molecule has 0 saturated heterocycles. The maximum Gasteiger partial charge on any atom is 0.253 e. The van der Waals surface area contributed by atoms with E-state index in [0.717, 1.165) is 28.1 Å². The highest BCUT2D eigenvalue weighted by Gasteiger charge is 2.18. The molecule has 4 aromatic rings. The van der Waals surface area contributed by atoms with E-state index in [-0.39, 0.29) is 5.91 Å². The van der Waals surface area contributed by atoms with Crippen LogP contribution in [0.5, 0.6) is 0 Å². The van der Waals surface area contributed by atoms with Crippen molar-refractivity contribution in [3.63, 3.8) is 0 Å². The molecule has 0 saturated carbocycles. The summed E-state index contributed by atoms with van der Waals surface area (Å²) >= 11 is 6.08. The molecule has 1 heterocycles. The average Bonchev–Trinajstić information content (AvgIpc) is 3.23. The Morgan fingerprint density at radius 2 is 1.76 bits per heavy atom. The van der Waals surface area contributed by atoms with Crippen LogP contribution in [-0.4, -0.2) is 38.1 Å². The second kappa shape index (κ2) is 10.1. The SMILES string of the molecule is CN(Cc1cn(-c2ccccc2)nc1-c1ccc(Cl)cc1)C(=O)c1cccc(C[S@@](C)=O)c1. The van der Waals surface area contributed by atoms with Crippen molar-refractivity contribution in [2.75, 3.05) is 13.3 Å². The molecule has 168 valence electrons. The van der Waals surface area contributed by atoms with E-state index in [2.05, 4.69) is 0 Å². The maximum absolute atomic E-state index is 13.2. The molecule has 33 heavy (non-hydrogen) atoms. The molecule has 1 aromatic heterocycles. The molecule has 1 amide bonds. The first-order chi connectivity index (χ1) is 15.9. The molecule has 0 aliphatic rings. The Bertz CT molecular complexity index is 1290. The number of halogens is 1. The fraction of sp³-hybridized carbons (Fsp3) is 0.154. The summed E-state index contributed by atoms with van der Waals surface area (Å²) in [6, 6.07) is 24.7. The van der Waals surface area contributed by atoms with Crippen molar-refractivity contribution in [3.8, 4) is 16.9 Å². The lowest BCUT2D eigenvalue weighted by molar-refractivity contribution is 0.0785. The van der Waals surface area contributed by atoms with Crippen molar-refractivity contribution in [2.45, 2.75) is 12.3 Å². The van der Waals surface area contributed by atoms with Crippen molar-refractivity contribution in [3.05, 3.63) is 107 Å². The largest absolute Gasteiger partial charge is 0.337 e. The molecule has 0 unspecified atom stereocenters. The predicted octanol–water partition coefficient (Wildman–Crippen LogP) is 5.34. The van der Waals surface area contributed by atoms with E-state index in [9.17, 15) is 9.00 Å². The molecule has 1 atom stereocenters. The fourth-order valence-corrected chi connectivity index (χ4v) is 4.44.